The molecule has 2 aromatic carbocycles. The average molecular weight is 425 g/mol. The van der Waals surface area contributed by atoms with E-state index < -0.39 is 6.16 Å². The average Bonchev–Trinajstić information content (AvgIpc) is 2.93. The first-order chi connectivity index (χ1) is 15.2. The molecule has 2 heterocycles. The molecule has 0 spiro atoms. The highest BCUT2D eigenvalue weighted by Crippen LogP contribution is 2.35. The smallest absolute Gasteiger partial charge is 0.450 e. The second kappa shape index (κ2) is 10.6. The topological polar surface area (TPSA) is 62.2 Å². The quantitative estimate of drug-likeness (QED) is 0.498. The van der Waals surface area contributed by atoms with Gasteiger partial charge in [0.2, 0.25) is 0 Å². The maximum atomic E-state index is 10.7. The van der Waals surface area contributed by atoms with Crippen molar-refractivity contribution in [1.82, 2.24) is 4.90 Å². The molecule has 6 nitrogen and oxygen atoms in total. The highest BCUT2D eigenvalue weighted by atomic mass is 16.7. The fraction of sp³-hybridized carbons (Fsp3) is 0.480. The van der Waals surface area contributed by atoms with E-state index in [1.165, 1.54) is 22.5 Å². The Bertz CT molecular complexity index is 825. The minimum Gasteiger partial charge on any atom is -0.450 e. The molecule has 2 aliphatic rings. The number of fused-ring (bicyclic) bond motifs is 2. The van der Waals surface area contributed by atoms with E-state index in [0.29, 0.717) is 19.8 Å². The molecule has 4 rings (SSSR count). The van der Waals surface area contributed by atoms with E-state index >= 15 is 0 Å². The van der Waals surface area contributed by atoms with Gasteiger partial charge in [0, 0.05) is 37.6 Å². The maximum Gasteiger partial charge on any atom is 0.506 e. The zero-order valence-electron chi connectivity index (χ0n) is 18.0. The summed E-state index contributed by atoms with van der Waals surface area (Å²) in [5.41, 5.74) is 5.43. The lowest BCUT2D eigenvalue weighted by Gasteiger charge is -2.31. The molecule has 0 unspecified atom stereocenters. The Kier molecular flexibility index (Phi) is 7.43. The normalized spacial score (nSPS) is 18.7. The molecule has 166 valence electrons. The minimum absolute atomic E-state index is 0.213. The van der Waals surface area contributed by atoms with Crippen molar-refractivity contribution in [2.45, 2.75) is 38.2 Å². The summed E-state index contributed by atoms with van der Waals surface area (Å²) in [4.78, 5) is 15.4. The molecule has 0 bridgehead atoms. The van der Waals surface area contributed by atoms with Gasteiger partial charge in [-0.3, -0.25) is 4.90 Å². The molecule has 0 amide bonds. The van der Waals surface area contributed by atoms with Crippen molar-refractivity contribution >= 4 is 17.5 Å². The Hall–Kier alpha value is -2.57. The van der Waals surface area contributed by atoms with Crippen LogP contribution >= 0.6 is 0 Å². The Morgan fingerprint density at radius 3 is 2.32 bits per heavy atom. The van der Waals surface area contributed by atoms with Crippen molar-refractivity contribution in [2.75, 3.05) is 44.3 Å². The monoisotopic (exact) mass is 424 g/mol. The lowest BCUT2D eigenvalue weighted by atomic mass is 10.0. The van der Waals surface area contributed by atoms with Gasteiger partial charge in [0.1, 0.15) is 6.10 Å². The van der Waals surface area contributed by atoms with Crippen LogP contribution < -0.4 is 4.90 Å². The molecule has 0 saturated carbocycles. The van der Waals surface area contributed by atoms with Crippen LogP contribution in [0.1, 0.15) is 30.4 Å². The van der Waals surface area contributed by atoms with Gasteiger partial charge in [-0.15, -0.1) is 0 Å². The lowest BCUT2D eigenvalue weighted by molar-refractivity contribution is 0.00578. The molecule has 0 aliphatic carbocycles. The Morgan fingerprint density at radius 1 is 0.968 bits per heavy atom. The fourth-order valence-corrected chi connectivity index (χ4v) is 4.69. The number of nitrogens with zero attached hydrogens (tertiary/aromatic N) is 2. The van der Waals surface area contributed by atoms with Crippen molar-refractivity contribution in [3.05, 3.63) is 59.7 Å². The molecule has 31 heavy (non-hydrogen) atoms. The second-order valence-electron chi connectivity index (χ2n) is 8.32. The van der Waals surface area contributed by atoms with Crippen LogP contribution in [-0.2, 0) is 22.3 Å². The summed E-state index contributed by atoms with van der Waals surface area (Å²) in [7, 11) is 0. The van der Waals surface area contributed by atoms with E-state index in [-0.39, 0.29) is 6.10 Å². The number of hydrogen-bond acceptors (Lipinski definition) is 5. The highest BCUT2D eigenvalue weighted by Gasteiger charge is 2.23. The standard InChI is InChI=1S/C25H32N2O4/c28-25(29)31-22-9-5-14-26(19-22)16-18-30-17-6-15-27-23-10-3-1-7-20(23)12-13-21-8-2-4-11-24(21)27/h1-4,7-8,10-11,22H,5-6,9,12-19H2,(H,28,29)/t22-/m1/s1. The number of likely N-dealkylation sites (tertiary alicyclic amines) is 1. The van der Waals surface area contributed by atoms with Gasteiger partial charge in [-0.2, -0.15) is 0 Å². The highest BCUT2D eigenvalue weighted by molar-refractivity contribution is 5.71. The zero-order chi connectivity index (χ0) is 21.5. The van der Waals surface area contributed by atoms with Crippen LogP contribution in [0.4, 0.5) is 16.2 Å². The van der Waals surface area contributed by atoms with E-state index in [0.717, 1.165) is 51.7 Å². The van der Waals surface area contributed by atoms with Crippen molar-refractivity contribution in [2.24, 2.45) is 0 Å². The molecule has 1 N–H and O–H groups in total. The number of para-hydroxylation sites is 2. The van der Waals surface area contributed by atoms with Crippen molar-refractivity contribution in [1.29, 1.82) is 0 Å². The predicted octanol–water partition coefficient (Wildman–Crippen LogP) is 4.49. The van der Waals surface area contributed by atoms with Crippen molar-refractivity contribution in [3.63, 3.8) is 0 Å². The first kappa shape index (κ1) is 21.7. The van der Waals surface area contributed by atoms with Crippen LogP contribution in [0.5, 0.6) is 0 Å². The van der Waals surface area contributed by atoms with E-state index in [2.05, 4.69) is 58.3 Å². The summed E-state index contributed by atoms with van der Waals surface area (Å²) < 4.78 is 10.9. The first-order valence-corrected chi connectivity index (χ1v) is 11.3. The number of rotatable bonds is 8. The van der Waals surface area contributed by atoms with Gasteiger partial charge in [0.15, 0.2) is 0 Å². The third-order valence-corrected chi connectivity index (χ3v) is 6.18. The molecule has 2 aromatic rings. The molecular weight excluding hydrogens is 392 g/mol. The van der Waals surface area contributed by atoms with Gasteiger partial charge in [0.25, 0.3) is 0 Å². The summed E-state index contributed by atoms with van der Waals surface area (Å²) >= 11 is 0. The largest absolute Gasteiger partial charge is 0.506 e. The lowest BCUT2D eigenvalue weighted by Crippen LogP contribution is -2.41. The number of aryl methyl sites for hydroxylation is 2. The van der Waals surface area contributed by atoms with E-state index in [9.17, 15) is 4.79 Å². The summed E-state index contributed by atoms with van der Waals surface area (Å²) in [6.45, 7) is 4.75. The maximum absolute atomic E-state index is 10.7. The summed E-state index contributed by atoms with van der Waals surface area (Å²) in [6, 6.07) is 17.4. The Balaban J connectivity index is 1.25. The number of ether oxygens (including phenoxy) is 2. The van der Waals surface area contributed by atoms with Crippen LogP contribution in [-0.4, -0.2) is 61.7 Å². The molecule has 2 aliphatic heterocycles. The zero-order valence-corrected chi connectivity index (χ0v) is 18.0. The van der Waals surface area contributed by atoms with Gasteiger partial charge in [-0.1, -0.05) is 36.4 Å². The number of piperidine rings is 1. The van der Waals surface area contributed by atoms with E-state index in [1.807, 2.05) is 0 Å². The van der Waals surface area contributed by atoms with Gasteiger partial charge in [0.05, 0.1) is 6.61 Å². The Labute approximate surface area is 184 Å². The molecule has 1 fully saturated rings. The number of hydrogen-bond donors (Lipinski definition) is 1. The van der Waals surface area contributed by atoms with Crippen LogP contribution in [0, 0.1) is 0 Å². The summed E-state index contributed by atoms with van der Waals surface area (Å²) in [6.07, 6.45) is 3.47. The molecule has 0 aromatic heterocycles. The summed E-state index contributed by atoms with van der Waals surface area (Å²) in [5, 5.41) is 8.80. The third-order valence-electron chi connectivity index (χ3n) is 6.18. The van der Waals surface area contributed by atoms with Crippen molar-refractivity contribution < 1.29 is 19.4 Å². The molecule has 0 radical (unpaired) electrons. The van der Waals surface area contributed by atoms with Gasteiger partial charge in [-0.05, 0) is 61.9 Å². The number of benzene rings is 2. The van der Waals surface area contributed by atoms with E-state index in [4.69, 9.17) is 14.6 Å². The van der Waals surface area contributed by atoms with Gasteiger partial charge in [-0.25, -0.2) is 4.79 Å². The van der Waals surface area contributed by atoms with Crippen LogP contribution in [0.15, 0.2) is 48.5 Å². The number of anilines is 2. The summed E-state index contributed by atoms with van der Waals surface area (Å²) in [5.74, 6) is 0. The van der Waals surface area contributed by atoms with Crippen LogP contribution in [0.2, 0.25) is 0 Å². The fourth-order valence-electron chi connectivity index (χ4n) is 4.69. The van der Waals surface area contributed by atoms with Gasteiger partial charge < -0.3 is 19.5 Å². The predicted molar refractivity (Wildman–Crippen MR) is 121 cm³/mol. The minimum atomic E-state index is -1.18. The molecular formula is C25H32N2O4. The van der Waals surface area contributed by atoms with Gasteiger partial charge >= 0.3 is 6.16 Å². The van der Waals surface area contributed by atoms with E-state index in [1.54, 1.807) is 0 Å². The first-order valence-electron chi connectivity index (χ1n) is 11.3. The molecule has 1 atom stereocenters. The van der Waals surface area contributed by atoms with Crippen LogP contribution in [0.25, 0.3) is 0 Å². The van der Waals surface area contributed by atoms with Crippen LogP contribution in [0.3, 0.4) is 0 Å². The molecule has 6 heteroatoms. The molecule has 1 saturated heterocycles. The third kappa shape index (κ3) is 5.77. The SMILES string of the molecule is O=C(O)O[C@@H]1CCCN(CCOCCCN2c3ccccc3CCc3ccccc32)C1. The second-order valence-corrected chi connectivity index (χ2v) is 8.32. The van der Waals surface area contributed by atoms with Crippen molar-refractivity contribution in [3.8, 4) is 0 Å². The number of carbonyl (C=O) groups is 1. The Morgan fingerprint density at radius 2 is 1.65 bits per heavy atom. The number of carboxylic acid groups (broad SMARTS) is 1.